The van der Waals surface area contributed by atoms with E-state index in [1.807, 2.05) is 0 Å². The third-order valence-corrected chi connectivity index (χ3v) is 0.421. The number of nitrogens with two attached hydrogens (primary N) is 1. The van der Waals surface area contributed by atoms with Gasteiger partial charge in [-0.2, -0.15) is 0 Å². The monoisotopic (exact) mass is 201 g/mol. The van der Waals surface area contributed by atoms with Gasteiger partial charge in [-0.25, -0.2) is 0 Å². The van der Waals surface area contributed by atoms with Gasteiger partial charge in [-0.05, 0) is 6.92 Å². The molecule has 0 radical (unpaired) electrons. The molecule has 0 aliphatic rings. The standard InChI is InChI=1S/C4H7NO.BrH.ClH/c1-3(2)4(5)6;;/h1H2,2H3,(H2,5,6);2*1H. The molecule has 0 spiro atoms. The van der Waals surface area contributed by atoms with Crippen LogP contribution in [0.1, 0.15) is 6.92 Å². The summed E-state index contributed by atoms with van der Waals surface area (Å²) in [6.07, 6.45) is 0. The number of rotatable bonds is 1. The molecule has 0 aromatic heterocycles. The lowest BCUT2D eigenvalue weighted by Crippen LogP contribution is -2.10. The van der Waals surface area contributed by atoms with Crippen LogP contribution in [0.5, 0.6) is 0 Å². The largest absolute Gasteiger partial charge is 0.366 e. The number of halogens is 2. The van der Waals surface area contributed by atoms with E-state index < -0.39 is 5.91 Å². The number of amides is 1. The molecule has 0 unspecified atom stereocenters. The second-order valence-electron chi connectivity index (χ2n) is 1.14. The predicted molar refractivity (Wildman–Crippen MR) is 41.6 cm³/mol. The minimum atomic E-state index is -0.435. The lowest BCUT2D eigenvalue weighted by molar-refractivity contribution is -0.114. The van der Waals surface area contributed by atoms with E-state index in [0.29, 0.717) is 5.57 Å². The summed E-state index contributed by atoms with van der Waals surface area (Å²) < 4.78 is 0. The quantitative estimate of drug-likeness (QED) is 0.635. The number of primary amides is 1. The summed E-state index contributed by atoms with van der Waals surface area (Å²) in [5.74, 6) is -0.435. The van der Waals surface area contributed by atoms with Crippen LogP contribution in [-0.4, -0.2) is 5.91 Å². The first-order chi connectivity index (χ1) is 2.64. The number of carbonyl (C=O) groups is 1. The molecule has 0 saturated carbocycles. The van der Waals surface area contributed by atoms with Crippen LogP contribution < -0.4 is 5.73 Å². The highest BCUT2D eigenvalue weighted by Gasteiger charge is 1.86. The zero-order valence-electron chi connectivity index (χ0n) is 4.51. The molecule has 0 aromatic rings. The summed E-state index contributed by atoms with van der Waals surface area (Å²) in [5.41, 5.74) is 5.09. The van der Waals surface area contributed by atoms with Crippen LogP contribution in [0.2, 0.25) is 0 Å². The Bertz CT molecular complexity index is 82.0. The average molecular weight is 202 g/mol. The Hall–Kier alpha value is -0.0200. The Morgan fingerprint density at radius 2 is 1.75 bits per heavy atom. The molecule has 0 bridgehead atoms. The Morgan fingerprint density at radius 3 is 1.75 bits per heavy atom. The molecule has 0 atom stereocenters. The third-order valence-electron chi connectivity index (χ3n) is 0.421. The molecule has 0 rings (SSSR count). The van der Waals surface area contributed by atoms with Gasteiger partial charge in [-0.15, -0.1) is 29.4 Å². The normalized spacial score (nSPS) is 5.62. The van der Waals surface area contributed by atoms with Crippen molar-refractivity contribution in [3.63, 3.8) is 0 Å². The summed E-state index contributed by atoms with van der Waals surface area (Å²) in [5, 5.41) is 0. The zero-order valence-corrected chi connectivity index (χ0v) is 7.04. The number of hydrogen-bond donors (Lipinski definition) is 1. The summed E-state index contributed by atoms with van der Waals surface area (Å²) in [7, 11) is 0. The van der Waals surface area contributed by atoms with Gasteiger partial charge < -0.3 is 5.73 Å². The topological polar surface area (TPSA) is 43.1 Å². The van der Waals surface area contributed by atoms with Gasteiger partial charge in [0, 0.05) is 5.57 Å². The maximum absolute atomic E-state index is 9.82. The molecule has 2 nitrogen and oxygen atoms in total. The van der Waals surface area contributed by atoms with Crippen molar-refractivity contribution in [1.82, 2.24) is 0 Å². The highest BCUT2D eigenvalue weighted by Crippen LogP contribution is 1.78. The van der Waals surface area contributed by atoms with E-state index in [2.05, 4.69) is 6.58 Å². The van der Waals surface area contributed by atoms with Crippen molar-refractivity contribution in [2.45, 2.75) is 6.92 Å². The second-order valence-corrected chi connectivity index (χ2v) is 1.14. The van der Waals surface area contributed by atoms with Crippen molar-refractivity contribution in [1.29, 1.82) is 0 Å². The maximum Gasteiger partial charge on any atom is 0.243 e. The van der Waals surface area contributed by atoms with Crippen LogP contribution in [0.15, 0.2) is 12.2 Å². The van der Waals surface area contributed by atoms with E-state index in [9.17, 15) is 4.79 Å². The third kappa shape index (κ3) is 9.36. The Balaban J connectivity index is -0.000000125. The Kier molecular flexibility index (Phi) is 13.7. The Morgan fingerprint density at radius 1 is 1.62 bits per heavy atom. The van der Waals surface area contributed by atoms with Crippen molar-refractivity contribution >= 4 is 35.3 Å². The van der Waals surface area contributed by atoms with Gasteiger partial charge in [0.15, 0.2) is 0 Å². The van der Waals surface area contributed by atoms with Crippen LogP contribution in [-0.2, 0) is 4.79 Å². The highest BCUT2D eigenvalue weighted by atomic mass is 79.9. The highest BCUT2D eigenvalue weighted by molar-refractivity contribution is 8.93. The Labute approximate surface area is 65.3 Å². The van der Waals surface area contributed by atoms with Gasteiger partial charge in [0.2, 0.25) is 5.91 Å². The first-order valence-electron chi connectivity index (χ1n) is 1.60. The minimum Gasteiger partial charge on any atom is -0.366 e. The van der Waals surface area contributed by atoms with E-state index >= 15 is 0 Å². The first-order valence-corrected chi connectivity index (χ1v) is 1.60. The summed E-state index contributed by atoms with van der Waals surface area (Å²) in [4.78, 5) is 9.82. The van der Waals surface area contributed by atoms with Crippen molar-refractivity contribution in [3.05, 3.63) is 12.2 Å². The molecule has 0 aliphatic heterocycles. The maximum atomic E-state index is 9.82. The van der Waals surface area contributed by atoms with Gasteiger partial charge in [-0.1, -0.05) is 6.58 Å². The van der Waals surface area contributed by atoms with Gasteiger partial charge in [0.05, 0.1) is 0 Å². The zero-order chi connectivity index (χ0) is 5.15. The first kappa shape index (κ1) is 15.7. The van der Waals surface area contributed by atoms with Crippen molar-refractivity contribution in [2.24, 2.45) is 5.73 Å². The molecule has 0 aromatic carbocycles. The van der Waals surface area contributed by atoms with Gasteiger partial charge in [0.25, 0.3) is 0 Å². The average Bonchev–Trinajstić information content (AvgIpc) is 1.36. The fourth-order valence-corrected chi connectivity index (χ4v) is 0. The van der Waals surface area contributed by atoms with E-state index in [1.165, 1.54) is 0 Å². The minimum absolute atomic E-state index is 0. The van der Waals surface area contributed by atoms with Crippen LogP contribution in [0.25, 0.3) is 0 Å². The fourth-order valence-electron chi connectivity index (χ4n) is 0. The van der Waals surface area contributed by atoms with Gasteiger partial charge >= 0.3 is 0 Å². The summed E-state index contributed by atoms with van der Waals surface area (Å²) >= 11 is 0. The number of hydrogen-bond acceptors (Lipinski definition) is 1. The molecule has 0 heterocycles. The smallest absolute Gasteiger partial charge is 0.243 e. The van der Waals surface area contributed by atoms with E-state index in [1.54, 1.807) is 6.92 Å². The molecular weight excluding hydrogens is 193 g/mol. The van der Waals surface area contributed by atoms with Crippen molar-refractivity contribution < 1.29 is 4.79 Å². The number of carbonyl (C=O) groups excluding carboxylic acids is 1. The fraction of sp³-hybridized carbons (Fsp3) is 0.250. The second kappa shape index (κ2) is 6.98. The van der Waals surface area contributed by atoms with E-state index in [4.69, 9.17) is 5.73 Å². The predicted octanol–water partition coefficient (Wildman–Crippen LogP) is 1.05. The SMILES string of the molecule is Br.C=C(C)C(N)=O.Cl. The van der Waals surface area contributed by atoms with E-state index in [0.717, 1.165) is 0 Å². The van der Waals surface area contributed by atoms with E-state index in [-0.39, 0.29) is 29.4 Å². The molecule has 2 N–H and O–H groups in total. The molecule has 4 heteroatoms. The molecule has 0 fully saturated rings. The lowest BCUT2D eigenvalue weighted by Gasteiger charge is -1.81. The molecule has 8 heavy (non-hydrogen) atoms. The molecule has 0 saturated heterocycles. The summed E-state index contributed by atoms with van der Waals surface area (Å²) in [6, 6.07) is 0. The van der Waals surface area contributed by atoms with Gasteiger partial charge in [-0.3, -0.25) is 4.79 Å². The summed E-state index contributed by atoms with van der Waals surface area (Å²) in [6.45, 7) is 4.85. The lowest BCUT2D eigenvalue weighted by atomic mass is 10.3. The molecule has 50 valence electrons. The van der Waals surface area contributed by atoms with Gasteiger partial charge in [0.1, 0.15) is 0 Å². The molecular formula is C4H9BrClNO. The van der Waals surface area contributed by atoms with Crippen LogP contribution in [0.4, 0.5) is 0 Å². The van der Waals surface area contributed by atoms with Crippen LogP contribution in [0, 0.1) is 0 Å². The molecule has 1 amide bonds. The molecule has 0 aliphatic carbocycles. The van der Waals surface area contributed by atoms with Crippen LogP contribution in [0.3, 0.4) is 0 Å². The van der Waals surface area contributed by atoms with Crippen molar-refractivity contribution in [3.8, 4) is 0 Å². The van der Waals surface area contributed by atoms with Crippen molar-refractivity contribution in [2.75, 3.05) is 0 Å². The van der Waals surface area contributed by atoms with Crippen LogP contribution >= 0.6 is 29.4 Å².